The number of hydrogen-bond acceptors (Lipinski definition) is 2. The van der Waals surface area contributed by atoms with Gasteiger partial charge in [-0.3, -0.25) is 0 Å². The maximum absolute atomic E-state index is 9.54. The summed E-state index contributed by atoms with van der Waals surface area (Å²) in [4.78, 5) is 0. The summed E-state index contributed by atoms with van der Waals surface area (Å²) in [5.41, 5.74) is 2.42. The van der Waals surface area contributed by atoms with Gasteiger partial charge in [-0.1, -0.05) is 50.2 Å². The Kier molecular flexibility index (Phi) is 4.67. The van der Waals surface area contributed by atoms with E-state index in [0.29, 0.717) is 11.8 Å². The highest BCUT2D eigenvalue weighted by Crippen LogP contribution is 2.28. The highest BCUT2D eigenvalue weighted by molar-refractivity contribution is 5.40. The molecule has 0 heterocycles. The number of phenols is 2. The molecule has 0 aromatic heterocycles. The minimum Gasteiger partial charge on any atom is -0.504 e. The third-order valence-corrected chi connectivity index (χ3v) is 3.97. The predicted octanol–water partition coefficient (Wildman–Crippen LogP) is 4.16. The molecule has 0 amide bonds. The third kappa shape index (κ3) is 3.77. The molecule has 0 saturated carbocycles. The van der Waals surface area contributed by atoms with Crippen molar-refractivity contribution >= 4 is 0 Å². The van der Waals surface area contributed by atoms with Crippen molar-refractivity contribution in [2.24, 2.45) is 11.8 Å². The highest BCUT2D eigenvalue weighted by atomic mass is 16.3. The van der Waals surface area contributed by atoms with Crippen molar-refractivity contribution in [2.75, 3.05) is 0 Å². The van der Waals surface area contributed by atoms with E-state index in [9.17, 15) is 10.2 Å². The van der Waals surface area contributed by atoms with Crippen LogP contribution in [0.3, 0.4) is 0 Å². The number of hydrogen-bond donors (Lipinski definition) is 2. The first-order valence-electron chi connectivity index (χ1n) is 7.11. The maximum atomic E-state index is 9.54. The van der Waals surface area contributed by atoms with Crippen LogP contribution < -0.4 is 0 Å². The average molecular weight is 270 g/mol. The molecule has 2 aromatic rings. The van der Waals surface area contributed by atoms with Crippen molar-refractivity contribution in [3.8, 4) is 11.5 Å². The molecule has 0 aliphatic carbocycles. The molecule has 0 radical (unpaired) electrons. The van der Waals surface area contributed by atoms with Crippen LogP contribution in [-0.2, 0) is 12.8 Å². The first-order valence-corrected chi connectivity index (χ1v) is 7.11. The normalized spacial score (nSPS) is 13.9. The fourth-order valence-corrected chi connectivity index (χ4v) is 2.46. The Balaban J connectivity index is 1.96. The lowest BCUT2D eigenvalue weighted by molar-refractivity contribution is 0.380. The number of rotatable bonds is 5. The summed E-state index contributed by atoms with van der Waals surface area (Å²) in [5, 5.41) is 18.9. The monoisotopic (exact) mass is 270 g/mol. The van der Waals surface area contributed by atoms with E-state index < -0.39 is 0 Å². The van der Waals surface area contributed by atoms with Crippen LogP contribution in [0.2, 0.25) is 0 Å². The van der Waals surface area contributed by atoms with Gasteiger partial charge in [-0.15, -0.1) is 0 Å². The van der Waals surface area contributed by atoms with E-state index >= 15 is 0 Å². The second-order valence-corrected chi connectivity index (χ2v) is 5.67. The molecule has 2 heteroatoms. The van der Waals surface area contributed by atoms with Gasteiger partial charge in [0.05, 0.1) is 0 Å². The Morgan fingerprint density at radius 3 is 1.95 bits per heavy atom. The summed E-state index contributed by atoms with van der Waals surface area (Å²) in [6.45, 7) is 4.50. The fourth-order valence-electron chi connectivity index (χ4n) is 2.46. The van der Waals surface area contributed by atoms with Crippen molar-refractivity contribution in [2.45, 2.75) is 26.7 Å². The van der Waals surface area contributed by atoms with Gasteiger partial charge >= 0.3 is 0 Å². The smallest absolute Gasteiger partial charge is 0.157 e. The zero-order chi connectivity index (χ0) is 14.5. The second-order valence-electron chi connectivity index (χ2n) is 5.67. The maximum Gasteiger partial charge on any atom is 0.157 e. The average Bonchev–Trinajstić information content (AvgIpc) is 2.44. The van der Waals surface area contributed by atoms with E-state index in [1.807, 2.05) is 12.1 Å². The molecule has 0 aliphatic rings. The van der Waals surface area contributed by atoms with Gasteiger partial charge in [-0.25, -0.2) is 0 Å². The quantitative estimate of drug-likeness (QED) is 0.801. The topological polar surface area (TPSA) is 40.5 Å². The Morgan fingerprint density at radius 2 is 1.35 bits per heavy atom. The number of aromatic hydroxyl groups is 2. The van der Waals surface area contributed by atoms with E-state index in [1.165, 1.54) is 5.56 Å². The molecule has 0 fully saturated rings. The van der Waals surface area contributed by atoms with E-state index in [2.05, 4.69) is 38.1 Å². The van der Waals surface area contributed by atoms with Gasteiger partial charge in [0, 0.05) is 0 Å². The largest absolute Gasteiger partial charge is 0.504 e. The molecule has 0 saturated heterocycles. The zero-order valence-electron chi connectivity index (χ0n) is 12.1. The first-order chi connectivity index (χ1) is 9.56. The summed E-state index contributed by atoms with van der Waals surface area (Å²) in [6.07, 6.45) is 1.97. The van der Waals surface area contributed by atoms with Crippen LogP contribution in [0.5, 0.6) is 11.5 Å². The van der Waals surface area contributed by atoms with E-state index in [1.54, 1.807) is 12.1 Å². The molecule has 20 heavy (non-hydrogen) atoms. The van der Waals surface area contributed by atoms with Crippen LogP contribution >= 0.6 is 0 Å². The molecule has 2 atom stereocenters. The predicted molar refractivity (Wildman–Crippen MR) is 81.9 cm³/mol. The first kappa shape index (κ1) is 14.4. The van der Waals surface area contributed by atoms with Gasteiger partial charge in [0.2, 0.25) is 0 Å². The van der Waals surface area contributed by atoms with Gasteiger partial charge in [0.15, 0.2) is 11.5 Å². The van der Waals surface area contributed by atoms with Crippen LogP contribution in [0.4, 0.5) is 0 Å². The second kappa shape index (κ2) is 6.47. The van der Waals surface area contributed by atoms with Gasteiger partial charge in [-0.05, 0) is 47.9 Å². The van der Waals surface area contributed by atoms with Crippen molar-refractivity contribution in [1.82, 2.24) is 0 Å². The fraction of sp³-hybridized carbons (Fsp3) is 0.333. The third-order valence-electron chi connectivity index (χ3n) is 3.97. The van der Waals surface area contributed by atoms with Crippen molar-refractivity contribution < 1.29 is 10.2 Å². The Labute approximate surface area is 120 Å². The molecule has 0 spiro atoms. The standard InChI is InChI=1S/C18H22O2/c1-13(10-15-6-4-3-5-7-15)14(2)11-16-8-9-17(19)18(20)12-16/h3-9,12-14,19-20H,10-11H2,1-2H3. The molecule has 2 nitrogen and oxygen atoms in total. The molecule has 2 N–H and O–H groups in total. The highest BCUT2D eigenvalue weighted by Gasteiger charge is 2.14. The van der Waals surface area contributed by atoms with Gasteiger partial charge in [0.1, 0.15) is 0 Å². The van der Waals surface area contributed by atoms with Crippen molar-refractivity contribution in [3.05, 3.63) is 59.7 Å². The number of phenolic OH excluding ortho intramolecular Hbond substituents is 2. The summed E-state index contributed by atoms with van der Waals surface area (Å²) < 4.78 is 0. The van der Waals surface area contributed by atoms with Crippen LogP contribution in [0.25, 0.3) is 0 Å². The Hall–Kier alpha value is -1.96. The van der Waals surface area contributed by atoms with Crippen LogP contribution in [0.1, 0.15) is 25.0 Å². The van der Waals surface area contributed by atoms with Crippen molar-refractivity contribution in [1.29, 1.82) is 0 Å². The van der Waals surface area contributed by atoms with E-state index in [4.69, 9.17) is 0 Å². The summed E-state index contributed by atoms with van der Waals surface area (Å²) in [7, 11) is 0. The van der Waals surface area contributed by atoms with Gasteiger partial charge < -0.3 is 10.2 Å². The molecule has 0 bridgehead atoms. The van der Waals surface area contributed by atoms with Crippen LogP contribution in [-0.4, -0.2) is 10.2 Å². The molecular formula is C18H22O2. The Morgan fingerprint density at radius 1 is 0.750 bits per heavy atom. The SMILES string of the molecule is CC(Cc1ccccc1)C(C)Cc1ccc(O)c(O)c1. The minimum absolute atomic E-state index is 0.0367. The molecular weight excluding hydrogens is 248 g/mol. The minimum atomic E-state index is -0.0567. The van der Waals surface area contributed by atoms with Crippen LogP contribution in [0.15, 0.2) is 48.5 Å². The lowest BCUT2D eigenvalue weighted by Gasteiger charge is -2.20. The van der Waals surface area contributed by atoms with Gasteiger partial charge in [-0.2, -0.15) is 0 Å². The van der Waals surface area contributed by atoms with E-state index in [-0.39, 0.29) is 11.5 Å². The molecule has 2 unspecified atom stereocenters. The summed E-state index contributed by atoms with van der Waals surface area (Å²) >= 11 is 0. The van der Waals surface area contributed by atoms with Gasteiger partial charge in [0.25, 0.3) is 0 Å². The lowest BCUT2D eigenvalue weighted by Crippen LogP contribution is -2.13. The Bertz CT molecular complexity index is 549. The van der Waals surface area contributed by atoms with Crippen LogP contribution in [0, 0.1) is 11.8 Å². The molecule has 2 rings (SSSR count). The van der Waals surface area contributed by atoms with E-state index in [0.717, 1.165) is 18.4 Å². The summed E-state index contributed by atoms with van der Waals surface area (Å²) in [6, 6.07) is 15.6. The molecule has 2 aromatic carbocycles. The molecule has 0 aliphatic heterocycles. The summed E-state index contributed by atoms with van der Waals surface area (Å²) in [5.74, 6) is 0.983. The lowest BCUT2D eigenvalue weighted by atomic mass is 9.85. The number of benzene rings is 2. The zero-order valence-corrected chi connectivity index (χ0v) is 12.1. The van der Waals surface area contributed by atoms with Crippen molar-refractivity contribution in [3.63, 3.8) is 0 Å². The molecule has 106 valence electrons.